The molecule has 0 fully saturated rings. The zero-order valence-corrected chi connectivity index (χ0v) is 20.4. The lowest BCUT2D eigenvalue weighted by Gasteiger charge is -2.14. The van der Waals surface area contributed by atoms with E-state index >= 15 is 0 Å². The van der Waals surface area contributed by atoms with E-state index in [0.717, 1.165) is 28.8 Å². The Labute approximate surface area is 204 Å². The summed E-state index contributed by atoms with van der Waals surface area (Å²) in [5.74, 6) is 0.575. The van der Waals surface area contributed by atoms with E-state index in [4.69, 9.17) is 0 Å². The molecule has 0 unspecified atom stereocenters. The standard InChI is InChI=1S/C25H23N5O2S2/c1-16-9-10-17(2)21(14-16)29-23(32)19-7-3-4-8-20(19)30-24(29)27-28-25(30)34-15-22(31)26-12-11-18-6-5-13-33-18/h3-10,13-14H,11-12,15H2,1-2H3,(H,26,31). The molecule has 34 heavy (non-hydrogen) atoms. The quantitative estimate of drug-likeness (QED) is 0.347. The first-order chi connectivity index (χ1) is 16.5. The maximum atomic E-state index is 13.5. The molecule has 0 bridgehead atoms. The van der Waals surface area contributed by atoms with Crippen molar-refractivity contribution in [2.45, 2.75) is 25.4 Å². The minimum absolute atomic E-state index is 0.0644. The molecular formula is C25H23N5O2S2. The molecule has 3 heterocycles. The van der Waals surface area contributed by atoms with Gasteiger partial charge in [-0.3, -0.25) is 14.0 Å². The molecule has 2 aromatic carbocycles. The Morgan fingerprint density at radius 2 is 1.94 bits per heavy atom. The number of aryl methyl sites for hydroxylation is 2. The van der Waals surface area contributed by atoms with Crippen molar-refractivity contribution in [1.29, 1.82) is 0 Å². The van der Waals surface area contributed by atoms with Gasteiger partial charge in [0.1, 0.15) is 0 Å². The highest BCUT2D eigenvalue weighted by molar-refractivity contribution is 7.99. The number of rotatable bonds is 7. The molecule has 0 radical (unpaired) electrons. The molecule has 1 amide bonds. The zero-order chi connectivity index (χ0) is 23.7. The lowest BCUT2D eigenvalue weighted by Crippen LogP contribution is -2.27. The summed E-state index contributed by atoms with van der Waals surface area (Å²) < 4.78 is 3.48. The van der Waals surface area contributed by atoms with Crippen LogP contribution in [0, 0.1) is 13.8 Å². The second kappa shape index (κ2) is 9.44. The van der Waals surface area contributed by atoms with Crippen molar-refractivity contribution in [3.05, 3.63) is 86.3 Å². The van der Waals surface area contributed by atoms with Gasteiger partial charge >= 0.3 is 0 Å². The third-order valence-electron chi connectivity index (χ3n) is 5.61. The highest BCUT2D eigenvalue weighted by atomic mass is 32.2. The molecule has 5 rings (SSSR count). The van der Waals surface area contributed by atoms with E-state index in [9.17, 15) is 9.59 Å². The summed E-state index contributed by atoms with van der Waals surface area (Å²) in [7, 11) is 0. The summed E-state index contributed by atoms with van der Waals surface area (Å²) in [6.07, 6.45) is 0.814. The van der Waals surface area contributed by atoms with Crippen molar-refractivity contribution in [3.63, 3.8) is 0 Å². The number of thiophene rings is 1. The van der Waals surface area contributed by atoms with Gasteiger partial charge in [-0.05, 0) is 61.0 Å². The first kappa shape index (κ1) is 22.4. The molecule has 0 spiro atoms. The van der Waals surface area contributed by atoms with Crippen LogP contribution < -0.4 is 10.9 Å². The normalized spacial score (nSPS) is 11.4. The van der Waals surface area contributed by atoms with Crippen LogP contribution in [0.2, 0.25) is 0 Å². The Morgan fingerprint density at radius 1 is 1.09 bits per heavy atom. The molecule has 0 aliphatic heterocycles. The molecule has 0 saturated carbocycles. The number of fused-ring (bicyclic) bond motifs is 3. The topological polar surface area (TPSA) is 81.3 Å². The molecule has 0 saturated heterocycles. The number of para-hydroxylation sites is 1. The van der Waals surface area contributed by atoms with Gasteiger partial charge in [0, 0.05) is 11.4 Å². The van der Waals surface area contributed by atoms with E-state index in [0.29, 0.717) is 22.9 Å². The van der Waals surface area contributed by atoms with Crippen molar-refractivity contribution in [2.75, 3.05) is 12.3 Å². The molecule has 1 N–H and O–H groups in total. The highest BCUT2D eigenvalue weighted by Crippen LogP contribution is 2.24. The second-order valence-electron chi connectivity index (χ2n) is 8.03. The van der Waals surface area contributed by atoms with Crippen molar-refractivity contribution in [3.8, 4) is 5.69 Å². The van der Waals surface area contributed by atoms with Gasteiger partial charge in [-0.15, -0.1) is 21.5 Å². The Bertz CT molecular complexity index is 1550. The number of hydrogen-bond donors (Lipinski definition) is 1. The van der Waals surface area contributed by atoms with E-state index in [1.54, 1.807) is 15.9 Å². The van der Waals surface area contributed by atoms with Crippen LogP contribution in [0.25, 0.3) is 22.4 Å². The van der Waals surface area contributed by atoms with Gasteiger partial charge in [0.15, 0.2) is 5.16 Å². The van der Waals surface area contributed by atoms with Crippen molar-refractivity contribution < 1.29 is 4.79 Å². The number of carbonyl (C=O) groups is 1. The third-order valence-corrected chi connectivity index (χ3v) is 7.47. The molecule has 0 aliphatic carbocycles. The summed E-state index contributed by atoms with van der Waals surface area (Å²) >= 11 is 2.99. The molecule has 0 aliphatic rings. The molecular weight excluding hydrogens is 466 g/mol. The third kappa shape index (κ3) is 4.24. The second-order valence-corrected chi connectivity index (χ2v) is 10.0. The van der Waals surface area contributed by atoms with Crippen LogP contribution in [0.5, 0.6) is 0 Å². The van der Waals surface area contributed by atoms with E-state index < -0.39 is 0 Å². The monoisotopic (exact) mass is 489 g/mol. The maximum absolute atomic E-state index is 13.5. The van der Waals surface area contributed by atoms with Gasteiger partial charge in [-0.1, -0.05) is 42.1 Å². The van der Waals surface area contributed by atoms with E-state index in [1.165, 1.54) is 16.6 Å². The van der Waals surface area contributed by atoms with E-state index in [-0.39, 0.29) is 17.2 Å². The van der Waals surface area contributed by atoms with Gasteiger partial charge in [-0.2, -0.15) is 0 Å². The van der Waals surface area contributed by atoms with Crippen LogP contribution in [-0.2, 0) is 11.2 Å². The number of amides is 1. The number of thioether (sulfide) groups is 1. The highest BCUT2D eigenvalue weighted by Gasteiger charge is 2.19. The zero-order valence-electron chi connectivity index (χ0n) is 18.8. The van der Waals surface area contributed by atoms with Crippen LogP contribution in [-0.4, -0.2) is 37.4 Å². The van der Waals surface area contributed by atoms with E-state index in [1.807, 2.05) is 72.2 Å². The lowest BCUT2D eigenvalue weighted by atomic mass is 10.1. The molecule has 9 heteroatoms. The van der Waals surface area contributed by atoms with Gasteiger partial charge in [-0.25, -0.2) is 4.57 Å². The molecule has 5 aromatic rings. The van der Waals surface area contributed by atoms with Crippen LogP contribution in [0.1, 0.15) is 16.0 Å². The Kier molecular flexibility index (Phi) is 6.21. The van der Waals surface area contributed by atoms with Gasteiger partial charge in [0.25, 0.3) is 5.56 Å². The summed E-state index contributed by atoms with van der Waals surface area (Å²) in [6.45, 7) is 4.56. The first-order valence-corrected chi connectivity index (χ1v) is 12.8. The minimum Gasteiger partial charge on any atom is -0.355 e. The SMILES string of the molecule is Cc1ccc(C)c(-n2c(=O)c3ccccc3n3c(SCC(=O)NCCc4cccs4)nnc23)c1. The summed E-state index contributed by atoms with van der Waals surface area (Å²) in [6, 6.07) is 17.5. The number of nitrogens with one attached hydrogen (secondary N) is 1. The molecule has 3 aromatic heterocycles. The largest absolute Gasteiger partial charge is 0.355 e. The molecule has 0 atom stereocenters. The minimum atomic E-state index is -0.146. The first-order valence-electron chi connectivity index (χ1n) is 10.9. The van der Waals surface area contributed by atoms with Crippen molar-refractivity contribution >= 4 is 45.7 Å². The van der Waals surface area contributed by atoms with Gasteiger partial charge in [0.05, 0.1) is 22.3 Å². The smallest absolute Gasteiger partial charge is 0.267 e. The van der Waals surface area contributed by atoms with E-state index in [2.05, 4.69) is 21.6 Å². The predicted octanol–water partition coefficient (Wildman–Crippen LogP) is 4.16. The predicted molar refractivity (Wildman–Crippen MR) is 137 cm³/mol. The summed E-state index contributed by atoms with van der Waals surface area (Å²) in [4.78, 5) is 27.2. The average Bonchev–Trinajstić information content (AvgIpc) is 3.50. The maximum Gasteiger partial charge on any atom is 0.267 e. The molecule has 7 nitrogen and oxygen atoms in total. The van der Waals surface area contributed by atoms with Crippen molar-refractivity contribution in [2.24, 2.45) is 0 Å². The molecule has 172 valence electrons. The fraction of sp³-hybridized carbons (Fsp3) is 0.200. The number of benzene rings is 2. The van der Waals surface area contributed by atoms with Gasteiger partial charge in [0.2, 0.25) is 11.7 Å². The Morgan fingerprint density at radius 3 is 2.76 bits per heavy atom. The van der Waals surface area contributed by atoms with Crippen LogP contribution in [0.15, 0.2) is 69.9 Å². The summed E-state index contributed by atoms with van der Waals surface area (Å²) in [5, 5.41) is 14.9. The fourth-order valence-corrected chi connectivity index (χ4v) is 5.39. The Balaban J connectivity index is 1.49. The number of aromatic nitrogens is 4. The lowest BCUT2D eigenvalue weighted by molar-refractivity contribution is -0.118. The number of nitrogens with zero attached hydrogens (tertiary/aromatic N) is 4. The van der Waals surface area contributed by atoms with Gasteiger partial charge < -0.3 is 5.32 Å². The van der Waals surface area contributed by atoms with Crippen molar-refractivity contribution in [1.82, 2.24) is 24.5 Å². The fourth-order valence-electron chi connectivity index (χ4n) is 3.91. The summed E-state index contributed by atoms with van der Waals surface area (Å²) in [5.41, 5.74) is 3.36. The van der Waals surface area contributed by atoms with Crippen LogP contribution in [0.3, 0.4) is 0 Å². The number of carbonyl (C=O) groups excluding carboxylic acids is 1. The average molecular weight is 490 g/mol. The van der Waals surface area contributed by atoms with Crippen LogP contribution >= 0.6 is 23.1 Å². The Hall–Kier alpha value is -3.43. The number of hydrogen-bond acceptors (Lipinski definition) is 6. The van der Waals surface area contributed by atoms with Crippen LogP contribution in [0.4, 0.5) is 0 Å².